The number of hydrogen-bond acceptors (Lipinski definition) is 5. The highest BCUT2D eigenvalue weighted by Gasteiger charge is 2.22. The molecule has 140 valence electrons. The van der Waals surface area contributed by atoms with E-state index in [2.05, 4.69) is 25.3 Å². The molecule has 0 spiro atoms. The van der Waals surface area contributed by atoms with Crippen LogP contribution in [0, 0.1) is 18.6 Å². The number of aromatic nitrogens is 2. The molecule has 9 heteroatoms. The zero-order valence-corrected chi connectivity index (χ0v) is 14.9. The van der Waals surface area contributed by atoms with E-state index in [0.29, 0.717) is 50.1 Å². The fourth-order valence-electron chi connectivity index (χ4n) is 2.86. The highest BCUT2D eigenvalue weighted by molar-refractivity contribution is 5.80. The number of halogens is 2. The molecule has 26 heavy (non-hydrogen) atoms. The lowest BCUT2D eigenvalue weighted by Gasteiger charge is -2.37. The van der Waals surface area contributed by atoms with Crippen molar-refractivity contribution in [2.75, 3.05) is 37.6 Å². The van der Waals surface area contributed by atoms with E-state index in [1.54, 1.807) is 6.92 Å². The van der Waals surface area contributed by atoms with E-state index in [-0.39, 0.29) is 0 Å². The van der Waals surface area contributed by atoms with Gasteiger partial charge in [0.1, 0.15) is 18.2 Å². The summed E-state index contributed by atoms with van der Waals surface area (Å²) in [6.07, 6.45) is 0. The second kappa shape index (κ2) is 8.11. The zero-order valence-electron chi connectivity index (χ0n) is 14.9. The molecule has 0 radical (unpaired) electrons. The Morgan fingerprint density at radius 1 is 1.27 bits per heavy atom. The van der Waals surface area contributed by atoms with Crippen LogP contribution in [0.5, 0.6) is 0 Å². The van der Waals surface area contributed by atoms with Crippen molar-refractivity contribution in [1.82, 2.24) is 20.4 Å². The van der Waals surface area contributed by atoms with Crippen LogP contribution >= 0.6 is 0 Å². The van der Waals surface area contributed by atoms with Gasteiger partial charge in [0.25, 0.3) is 0 Å². The molecule has 1 N–H and O–H groups in total. The summed E-state index contributed by atoms with van der Waals surface area (Å²) < 4.78 is 32.5. The van der Waals surface area contributed by atoms with Crippen LogP contribution in [0.1, 0.15) is 18.6 Å². The molecule has 3 rings (SSSR count). The number of anilines is 1. The van der Waals surface area contributed by atoms with E-state index < -0.39 is 11.6 Å². The van der Waals surface area contributed by atoms with Gasteiger partial charge >= 0.3 is 0 Å². The summed E-state index contributed by atoms with van der Waals surface area (Å²) >= 11 is 0. The first-order chi connectivity index (χ1) is 12.6. The lowest BCUT2D eigenvalue weighted by atomic mass is 10.2. The Labute approximate surface area is 150 Å². The molecule has 1 aliphatic rings. The maximum Gasteiger partial charge on any atom is 0.248 e. The molecule has 0 unspecified atom stereocenters. The molecule has 2 aromatic rings. The standard InChI is InChI=1S/C17H22F2N6O/c1-3-20-17(21-11-16-22-12(2)23-26-16)25-8-6-24(7-9-25)15-10-13(18)4-5-14(15)19/h4-5,10H,3,6-9,11H2,1-2H3,(H,20,21). The highest BCUT2D eigenvalue weighted by atomic mass is 19.1. The molecule has 0 amide bonds. The molecule has 2 heterocycles. The summed E-state index contributed by atoms with van der Waals surface area (Å²) in [5.41, 5.74) is 0.299. The normalized spacial score (nSPS) is 15.5. The summed E-state index contributed by atoms with van der Waals surface area (Å²) in [6.45, 7) is 7.20. The van der Waals surface area contributed by atoms with Crippen LogP contribution in [-0.4, -0.2) is 53.7 Å². The Morgan fingerprint density at radius 3 is 2.69 bits per heavy atom. The van der Waals surface area contributed by atoms with Crippen molar-refractivity contribution in [3.8, 4) is 0 Å². The molecular weight excluding hydrogens is 342 g/mol. The number of aliphatic imine (C=N–C) groups is 1. The van der Waals surface area contributed by atoms with Crippen LogP contribution in [0.25, 0.3) is 0 Å². The van der Waals surface area contributed by atoms with Crippen molar-refractivity contribution in [3.05, 3.63) is 41.5 Å². The minimum Gasteiger partial charge on any atom is -0.366 e. The van der Waals surface area contributed by atoms with Crippen LogP contribution in [0.2, 0.25) is 0 Å². The predicted molar refractivity (Wildman–Crippen MR) is 94.0 cm³/mol. The van der Waals surface area contributed by atoms with Crippen molar-refractivity contribution in [3.63, 3.8) is 0 Å². The van der Waals surface area contributed by atoms with Gasteiger partial charge in [-0.2, -0.15) is 4.98 Å². The number of aryl methyl sites for hydroxylation is 1. The maximum atomic E-state index is 14.0. The van der Waals surface area contributed by atoms with E-state index >= 15 is 0 Å². The summed E-state index contributed by atoms with van der Waals surface area (Å²) in [6, 6.07) is 3.53. The first-order valence-corrected chi connectivity index (χ1v) is 8.59. The Morgan fingerprint density at radius 2 is 2.04 bits per heavy atom. The first kappa shape index (κ1) is 18.1. The minimum atomic E-state index is -0.436. The molecule has 0 atom stereocenters. The van der Waals surface area contributed by atoms with Crippen molar-refractivity contribution < 1.29 is 13.3 Å². The van der Waals surface area contributed by atoms with Gasteiger partial charge < -0.3 is 19.6 Å². The van der Waals surface area contributed by atoms with Gasteiger partial charge in [0.2, 0.25) is 5.89 Å². The molecular formula is C17H22F2N6O. The van der Waals surface area contributed by atoms with Crippen molar-refractivity contribution in [1.29, 1.82) is 0 Å². The second-order valence-electron chi connectivity index (χ2n) is 5.98. The maximum absolute atomic E-state index is 14.0. The van der Waals surface area contributed by atoms with Crippen molar-refractivity contribution in [2.45, 2.75) is 20.4 Å². The van der Waals surface area contributed by atoms with E-state index in [1.807, 2.05) is 11.8 Å². The number of piperazine rings is 1. The number of nitrogens with zero attached hydrogens (tertiary/aromatic N) is 5. The highest BCUT2D eigenvalue weighted by Crippen LogP contribution is 2.22. The quantitative estimate of drug-likeness (QED) is 0.661. The topological polar surface area (TPSA) is 69.8 Å². The van der Waals surface area contributed by atoms with Gasteiger partial charge in [-0.3, -0.25) is 0 Å². The van der Waals surface area contributed by atoms with E-state index in [4.69, 9.17) is 4.52 Å². The Kier molecular flexibility index (Phi) is 5.65. The molecule has 0 saturated carbocycles. The van der Waals surface area contributed by atoms with Crippen LogP contribution in [0.4, 0.5) is 14.5 Å². The largest absolute Gasteiger partial charge is 0.366 e. The zero-order chi connectivity index (χ0) is 18.5. The van der Waals surface area contributed by atoms with Crippen LogP contribution in [-0.2, 0) is 6.54 Å². The lowest BCUT2D eigenvalue weighted by molar-refractivity contribution is 0.362. The fraction of sp³-hybridized carbons (Fsp3) is 0.471. The van der Waals surface area contributed by atoms with Gasteiger partial charge in [-0.1, -0.05) is 5.16 Å². The van der Waals surface area contributed by atoms with Crippen LogP contribution in [0.15, 0.2) is 27.7 Å². The lowest BCUT2D eigenvalue weighted by Crippen LogP contribution is -2.52. The monoisotopic (exact) mass is 364 g/mol. The molecule has 0 bridgehead atoms. The average molecular weight is 364 g/mol. The van der Waals surface area contributed by atoms with Gasteiger partial charge in [-0.25, -0.2) is 13.8 Å². The summed E-state index contributed by atoms with van der Waals surface area (Å²) in [7, 11) is 0. The Balaban J connectivity index is 1.65. The first-order valence-electron chi connectivity index (χ1n) is 8.59. The fourth-order valence-corrected chi connectivity index (χ4v) is 2.86. The Bertz CT molecular complexity index is 770. The minimum absolute atomic E-state index is 0.294. The van der Waals surface area contributed by atoms with Crippen LogP contribution < -0.4 is 10.2 Å². The predicted octanol–water partition coefficient (Wildman–Crippen LogP) is 1.94. The van der Waals surface area contributed by atoms with E-state index in [0.717, 1.165) is 24.6 Å². The number of guanidine groups is 1. The summed E-state index contributed by atoms with van der Waals surface area (Å²) in [4.78, 5) is 12.6. The second-order valence-corrected chi connectivity index (χ2v) is 5.98. The van der Waals surface area contributed by atoms with Gasteiger partial charge in [0.05, 0.1) is 5.69 Å². The number of benzene rings is 1. The molecule has 1 aromatic heterocycles. The van der Waals surface area contributed by atoms with Gasteiger partial charge in [-0.15, -0.1) is 0 Å². The average Bonchev–Trinajstić information content (AvgIpc) is 3.06. The molecule has 0 aliphatic carbocycles. The van der Waals surface area contributed by atoms with Crippen molar-refractivity contribution in [2.24, 2.45) is 4.99 Å². The van der Waals surface area contributed by atoms with Crippen LogP contribution in [0.3, 0.4) is 0 Å². The Hall–Kier alpha value is -2.71. The molecule has 7 nitrogen and oxygen atoms in total. The third-order valence-corrected chi connectivity index (χ3v) is 4.10. The van der Waals surface area contributed by atoms with E-state index in [9.17, 15) is 8.78 Å². The molecule has 1 fully saturated rings. The third-order valence-electron chi connectivity index (χ3n) is 4.10. The molecule has 1 saturated heterocycles. The summed E-state index contributed by atoms with van der Waals surface area (Å²) in [5.74, 6) is 0.924. The molecule has 1 aliphatic heterocycles. The summed E-state index contributed by atoms with van der Waals surface area (Å²) in [5, 5.41) is 6.99. The van der Waals surface area contributed by atoms with Crippen molar-refractivity contribution >= 4 is 11.6 Å². The number of rotatable bonds is 4. The number of hydrogen-bond donors (Lipinski definition) is 1. The molecule has 1 aromatic carbocycles. The SMILES string of the molecule is CCNC(=NCc1nc(C)no1)N1CCN(c2cc(F)ccc2F)CC1. The third kappa shape index (κ3) is 4.27. The number of nitrogens with one attached hydrogen (secondary N) is 1. The van der Waals surface area contributed by atoms with Gasteiger partial charge in [0, 0.05) is 38.8 Å². The van der Waals surface area contributed by atoms with E-state index in [1.165, 1.54) is 6.07 Å². The van der Waals surface area contributed by atoms with Gasteiger partial charge in [0.15, 0.2) is 11.8 Å². The smallest absolute Gasteiger partial charge is 0.248 e. The van der Waals surface area contributed by atoms with Gasteiger partial charge in [-0.05, 0) is 26.0 Å².